The number of phenols is 1. The number of carbonyl (C=O) groups is 1. The quantitative estimate of drug-likeness (QED) is 0.754. The zero-order chi connectivity index (χ0) is 18.1. The van der Waals surface area contributed by atoms with Crippen LogP contribution in [0.5, 0.6) is 11.5 Å². The van der Waals surface area contributed by atoms with E-state index in [4.69, 9.17) is 4.74 Å². The van der Waals surface area contributed by atoms with Crippen LogP contribution >= 0.6 is 15.9 Å². The van der Waals surface area contributed by atoms with Crippen LogP contribution in [0.25, 0.3) is 11.6 Å². The Bertz CT molecular complexity index is 858. The van der Waals surface area contributed by atoms with Crippen molar-refractivity contribution < 1.29 is 14.6 Å². The van der Waals surface area contributed by atoms with Gasteiger partial charge in [-0.2, -0.15) is 0 Å². The highest BCUT2D eigenvalue weighted by atomic mass is 79.9. The normalized spacial score (nSPS) is 15.2. The van der Waals surface area contributed by atoms with Crippen LogP contribution in [0.2, 0.25) is 0 Å². The minimum Gasteiger partial charge on any atom is -0.503 e. The maximum absolute atomic E-state index is 13.0. The van der Waals surface area contributed by atoms with Crippen molar-refractivity contribution in [2.75, 3.05) is 18.6 Å². The van der Waals surface area contributed by atoms with E-state index in [0.717, 1.165) is 16.8 Å². The lowest BCUT2D eigenvalue weighted by molar-refractivity contribution is -0.113. The molecule has 0 unspecified atom stereocenters. The molecule has 2 aromatic rings. The minimum atomic E-state index is -0.00179. The first-order chi connectivity index (χ1) is 11.9. The van der Waals surface area contributed by atoms with Gasteiger partial charge in [-0.05, 0) is 51.7 Å². The number of methoxy groups -OCH3 is 1. The summed E-state index contributed by atoms with van der Waals surface area (Å²) in [5, 5.41) is 9.97. The SMILES string of the molecule is COc1cc(/C=C2\C(=O)N(CC(C)C)c3ccccc32)cc(Br)c1O. The number of anilines is 1. The van der Waals surface area contributed by atoms with Crippen molar-refractivity contribution in [3.63, 3.8) is 0 Å². The summed E-state index contributed by atoms with van der Waals surface area (Å²) >= 11 is 3.32. The average Bonchev–Trinajstić information content (AvgIpc) is 2.83. The molecule has 0 aromatic heterocycles. The summed E-state index contributed by atoms with van der Waals surface area (Å²) in [5.74, 6) is 0.778. The molecule has 2 aromatic carbocycles. The Labute approximate surface area is 155 Å². The van der Waals surface area contributed by atoms with Gasteiger partial charge in [0, 0.05) is 17.7 Å². The molecule has 4 nitrogen and oxygen atoms in total. The molecule has 0 fully saturated rings. The van der Waals surface area contributed by atoms with Gasteiger partial charge < -0.3 is 14.7 Å². The van der Waals surface area contributed by atoms with E-state index < -0.39 is 0 Å². The predicted molar refractivity (Wildman–Crippen MR) is 104 cm³/mol. The number of phenolic OH excluding ortho intramolecular Hbond substituents is 1. The van der Waals surface area contributed by atoms with Gasteiger partial charge in [-0.15, -0.1) is 0 Å². The number of fused-ring (bicyclic) bond motifs is 1. The largest absolute Gasteiger partial charge is 0.503 e. The Hall–Kier alpha value is -2.27. The van der Waals surface area contributed by atoms with Gasteiger partial charge in [-0.1, -0.05) is 32.0 Å². The van der Waals surface area contributed by atoms with Crippen molar-refractivity contribution in [2.24, 2.45) is 5.92 Å². The Morgan fingerprint density at radius 2 is 2.00 bits per heavy atom. The standard InChI is InChI=1S/C20H20BrNO3/c1-12(2)11-22-17-7-5-4-6-14(17)15(20(22)24)8-13-9-16(21)19(23)18(10-13)25-3/h4-10,12,23H,11H2,1-3H3/b15-8-. The van der Waals surface area contributed by atoms with Crippen molar-refractivity contribution in [1.82, 2.24) is 0 Å². The molecule has 0 radical (unpaired) electrons. The van der Waals surface area contributed by atoms with Crippen LogP contribution in [0.3, 0.4) is 0 Å². The van der Waals surface area contributed by atoms with Crippen LogP contribution in [0.15, 0.2) is 40.9 Å². The van der Waals surface area contributed by atoms with E-state index in [9.17, 15) is 9.90 Å². The van der Waals surface area contributed by atoms with Crippen molar-refractivity contribution in [1.29, 1.82) is 0 Å². The fourth-order valence-corrected chi connectivity index (χ4v) is 3.45. The number of amides is 1. The van der Waals surface area contributed by atoms with Crippen LogP contribution in [-0.2, 0) is 4.79 Å². The van der Waals surface area contributed by atoms with E-state index in [2.05, 4.69) is 29.8 Å². The van der Waals surface area contributed by atoms with Crippen LogP contribution in [0, 0.1) is 5.92 Å². The fourth-order valence-electron chi connectivity index (χ4n) is 2.99. The zero-order valence-electron chi connectivity index (χ0n) is 14.4. The van der Waals surface area contributed by atoms with Gasteiger partial charge in [0.05, 0.1) is 17.3 Å². The number of nitrogens with zero attached hydrogens (tertiary/aromatic N) is 1. The summed E-state index contributed by atoms with van der Waals surface area (Å²) in [6.45, 7) is 4.87. The highest BCUT2D eigenvalue weighted by molar-refractivity contribution is 9.10. The molecule has 25 heavy (non-hydrogen) atoms. The van der Waals surface area contributed by atoms with Gasteiger partial charge in [-0.3, -0.25) is 4.79 Å². The van der Waals surface area contributed by atoms with Crippen LogP contribution in [-0.4, -0.2) is 24.7 Å². The van der Waals surface area contributed by atoms with Crippen molar-refractivity contribution >= 4 is 39.2 Å². The number of benzene rings is 2. The first kappa shape index (κ1) is 17.5. The lowest BCUT2D eigenvalue weighted by Crippen LogP contribution is -2.30. The number of hydrogen-bond acceptors (Lipinski definition) is 3. The van der Waals surface area contributed by atoms with Gasteiger partial charge in [0.25, 0.3) is 5.91 Å². The summed E-state index contributed by atoms with van der Waals surface area (Å²) in [5.41, 5.74) is 3.30. The molecule has 0 bridgehead atoms. The predicted octanol–water partition coefficient (Wildman–Crippen LogP) is 4.71. The maximum Gasteiger partial charge on any atom is 0.259 e. The highest BCUT2D eigenvalue weighted by Crippen LogP contribution is 2.40. The van der Waals surface area contributed by atoms with Gasteiger partial charge in [0.1, 0.15) is 0 Å². The average molecular weight is 402 g/mol. The first-order valence-electron chi connectivity index (χ1n) is 8.11. The maximum atomic E-state index is 13.0. The van der Waals surface area contributed by atoms with Gasteiger partial charge >= 0.3 is 0 Å². The number of para-hydroxylation sites is 1. The molecule has 1 aliphatic rings. The molecule has 1 N–H and O–H groups in total. The third-order valence-corrected chi connectivity index (χ3v) is 4.69. The molecule has 130 valence electrons. The third-order valence-electron chi connectivity index (χ3n) is 4.09. The number of carbonyl (C=O) groups excluding carboxylic acids is 1. The molecule has 3 rings (SSSR count). The first-order valence-corrected chi connectivity index (χ1v) is 8.91. The number of hydrogen-bond donors (Lipinski definition) is 1. The lowest BCUT2D eigenvalue weighted by Gasteiger charge is -2.19. The Morgan fingerprint density at radius 1 is 1.28 bits per heavy atom. The molecule has 0 spiro atoms. The van der Waals surface area contributed by atoms with E-state index in [1.54, 1.807) is 12.1 Å². The molecule has 0 saturated carbocycles. The Kier molecular flexibility index (Phi) is 4.86. The second-order valence-electron chi connectivity index (χ2n) is 6.44. The van der Waals surface area contributed by atoms with E-state index in [1.165, 1.54) is 7.11 Å². The smallest absolute Gasteiger partial charge is 0.259 e. The zero-order valence-corrected chi connectivity index (χ0v) is 16.0. The van der Waals surface area contributed by atoms with E-state index in [0.29, 0.717) is 28.3 Å². The number of halogens is 1. The van der Waals surface area contributed by atoms with Gasteiger partial charge in [-0.25, -0.2) is 0 Å². The molecular weight excluding hydrogens is 382 g/mol. The second-order valence-corrected chi connectivity index (χ2v) is 7.29. The summed E-state index contributed by atoms with van der Waals surface area (Å²) in [6.07, 6.45) is 1.84. The van der Waals surface area contributed by atoms with Crippen molar-refractivity contribution in [3.8, 4) is 11.5 Å². The molecule has 0 atom stereocenters. The number of ether oxygens (including phenoxy) is 1. The third kappa shape index (κ3) is 3.29. The van der Waals surface area contributed by atoms with Gasteiger partial charge in [0.15, 0.2) is 11.5 Å². The van der Waals surface area contributed by atoms with E-state index in [1.807, 2.05) is 35.2 Å². The van der Waals surface area contributed by atoms with E-state index in [-0.39, 0.29) is 11.7 Å². The molecule has 1 heterocycles. The van der Waals surface area contributed by atoms with Gasteiger partial charge in [0.2, 0.25) is 0 Å². The van der Waals surface area contributed by atoms with E-state index >= 15 is 0 Å². The monoisotopic (exact) mass is 401 g/mol. The molecule has 0 saturated heterocycles. The topological polar surface area (TPSA) is 49.8 Å². The van der Waals surface area contributed by atoms with Crippen molar-refractivity contribution in [3.05, 3.63) is 52.0 Å². The molecular formula is C20H20BrNO3. The summed E-state index contributed by atoms with van der Waals surface area (Å²) in [4.78, 5) is 14.8. The number of aromatic hydroxyl groups is 1. The summed E-state index contributed by atoms with van der Waals surface area (Å²) in [7, 11) is 1.50. The minimum absolute atomic E-state index is 0.00179. The Morgan fingerprint density at radius 3 is 2.68 bits per heavy atom. The van der Waals surface area contributed by atoms with Crippen LogP contribution < -0.4 is 9.64 Å². The number of rotatable bonds is 4. The fraction of sp³-hybridized carbons (Fsp3) is 0.250. The summed E-state index contributed by atoms with van der Waals surface area (Å²) < 4.78 is 5.72. The van der Waals surface area contributed by atoms with Crippen LogP contribution in [0.1, 0.15) is 25.0 Å². The Balaban J connectivity index is 2.10. The highest BCUT2D eigenvalue weighted by Gasteiger charge is 2.32. The lowest BCUT2D eigenvalue weighted by atomic mass is 10.0. The summed E-state index contributed by atoms with van der Waals surface area (Å²) in [6, 6.07) is 11.3. The molecule has 0 aliphatic carbocycles. The molecule has 1 amide bonds. The van der Waals surface area contributed by atoms with Crippen LogP contribution in [0.4, 0.5) is 5.69 Å². The van der Waals surface area contributed by atoms with Crippen molar-refractivity contribution in [2.45, 2.75) is 13.8 Å². The molecule has 1 aliphatic heterocycles. The second kappa shape index (κ2) is 6.92. The molecule has 5 heteroatoms.